The first kappa shape index (κ1) is 13.5. The Hall–Kier alpha value is -1.88. The molecule has 0 fully saturated rings. The Morgan fingerprint density at radius 3 is 2.74 bits per heavy atom. The van der Waals surface area contributed by atoms with Gasteiger partial charge in [0.15, 0.2) is 5.60 Å². The Bertz CT molecular complexity index is 527. The molecule has 0 aliphatic carbocycles. The molecule has 5 heteroatoms. The second-order valence-corrected chi connectivity index (χ2v) is 4.85. The van der Waals surface area contributed by atoms with Crippen LogP contribution in [0.4, 0.5) is 5.69 Å². The van der Waals surface area contributed by atoms with Crippen LogP contribution in [0.2, 0.25) is 0 Å². The van der Waals surface area contributed by atoms with Crippen molar-refractivity contribution in [1.29, 1.82) is 0 Å². The first-order valence-corrected chi connectivity index (χ1v) is 6.36. The van der Waals surface area contributed by atoms with Crippen LogP contribution < -0.4 is 4.90 Å². The number of oxime groups is 1. The number of hydrogen-bond donors (Lipinski definition) is 2. The van der Waals surface area contributed by atoms with Crippen molar-refractivity contribution >= 4 is 17.3 Å². The molecule has 1 unspecified atom stereocenters. The first-order chi connectivity index (χ1) is 9.04. The van der Waals surface area contributed by atoms with Gasteiger partial charge < -0.3 is 15.2 Å². The number of amides is 1. The zero-order valence-electron chi connectivity index (χ0n) is 11.1. The van der Waals surface area contributed by atoms with Crippen LogP contribution >= 0.6 is 0 Å². The molecule has 0 bridgehead atoms. The molecule has 0 saturated carbocycles. The smallest absolute Gasteiger partial charge is 0.264 e. The maximum absolute atomic E-state index is 12.5. The van der Waals surface area contributed by atoms with Crippen LogP contribution in [0.5, 0.6) is 0 Å². The molecule has 1 aliphatic rings. The van der Waals surface area contributed by atoms with Gasteiger partial charge in [0.1, 0.15) is 0 Å². The van der Waals surface area contributed by atoms with E-state index in [-0.39, 0.29) is 12.3 Å². The Morgan fingerprint density at radius 2 is 2.11 bits per heavy atom. The van der Waals surface area contributed by atoms with Gasteiger partial charge in [-0.05, 0) is 19.4 Å². The largest absolute Gasteiger partial charge is 0.411 e. The summed E-state index contributed by atoms with van der Waals surface area (Å²) in [6.45, 7) is 4.12. The average molecular weight is 262 g/mol. The maximum Gasteiger partial charge on any atom is 0.264 e. The lowest BCUT2D eigenvalue weighted by molar-refractivity contribution is -0.135. The molecule has 1 aliphatic heterocycles. The molecule has 0 spiro atoms. The van der Waals surface area contributed by atoms with Crippen LogP contribution in [0.25, 0.3) is 0 Å². The number of fused-ring (bicyclic) bond motifs is 1. The summed E-state index contributed by atoms with van der Waals surface area (Å²) in [5, 5.41) is 22.6. The lowest BCUT2D eigenvalue weighted by atomic mass is 9.90. The van der Waals surface area contributed by atoms with Gasteiger partial charge in [0, 0.05) is 18.5 Å². The van der Waals surface area contributed by atoms with Gasteiger partial charge in [-0.25, -0.2) is 0 Å². The normalized spacial score (nSPS) is 22.8. The molecule has 0 aromatic heterocycles. The van der Waals surface area contributed by atoms with Crippen molar-refractivity contribution < 1.29 is 15.1 Å². The van der Waals surface area contributed by atoms with Gasteiger partial charge in [0.25, 0.3) is 5.91 Å². The SMILES string of the molecule is CCCN1C(=O)C(O)(C/C(C)=N\O)c2ccccc21. The number of aliphatic hydroxyl groups is 1. The van der Waals surface area contributed by atoms with Gasteiger partial charge in [-0.15, -0.1) is 0 Å². The van der Waals surface area contributed by atoms with E-state index in [9.17, 15) is 9.90 Å². The molecule has 1 amide bonds. The quantitative estimate of drug-likeness (QED) is 0.494. The Balaban J connectivity index is 2.48. The highest BCUT2D eigenvalue weighted by Crippen LogP contribution is 2.42. The molecule has 1 aromatic carbocycles. The lowest BCUT2D eigenvalue weighted by Crippen LogP contribution is -2.41. The standard InChI is InChI=1S/C14H18N2O3/c1-3-8-16-12-7-5-4-6-11(12)14(18,13(16)17)9-10(2)15-19/h4-7,18-19H,3,8-9H2,1-2H3/b15-10-. The summed E-state index contributed by atoms with van der Waals surface area (Å²) in [5.74, 6) is -0.349. The van der Waals surface area contributed by atoms with Gasteiger partial charge in [0.2, 0.25) is 0 Å². The fourth-order valence-electron chi connectivity index (χ4n) is 2.53. The van der Waals surface area contributed by atoms with Gasteiger partial charge >= 0.3 is 0 Å². The number of rotatable bonds is 4. The zero-order chi connectivity index (χ0) is 14.0. The number of carbonyl (C=O) groups is 1. The summed E-state index contributed by atoms with van der Waals surface area (Å²) in [6, 6.07) is 7.20. The van der Waals surface area contributed by atoms with Crippen molar-refractivity contribution in [2.45, 2.75) is 32.3 Å². The summed E-state index contributed by atoms with van der Waals surface area (Å²) in [4.78, 5) is 14.1. The number of carbonyl (C=O) groups excluding carboxylic acids is 1. The highest BCUT2D eigenvalue weighted by Gasteiger charge is 2.49. The molecule has 2 rings (SSSR count). The molecule has 1 aromatic rings. The molecule has 2 N–H and O–H groups in total. The number of para-hydroxylation sites is 1. The lowest BCUT2D eigenvalue weighted by Gasteiger charge is -2.22. The van der Waals surface area contributed by atoms with E-state index in [1.807, 2.05) is 19.1 Å². The molecule has 1 atom stereocenters. The van der Waals surface area contributed by atoms with E-state index in [0.717, 1.165) is 12.1 Å². The molecule has 19 heavy (non-hydrogen) atoms. The summed E-state index contributed by atoms with van der Waals surface area (Å²) >= 11 is 0. The van der Waals surface area contributed by atoms with E-state index in [1.54, 1.807) is 24.0 Å². The maximum atomic E-state index is 12.5. The van der Waals surface area contributed by atoms with Crippen LogP contribution in [0.1, 0.15) is 32.3 Å². The number of hydrogen-bond acceptors (Lipinski definition) is 4. The van der Waals surface area contributed by atoms with Gasteiger partial charge in [-0.3, -0.25) is 4.79 Å². The van der Waals surface area contributed by atoms with Crippen molar-refractivity contribution in [2.75, 3.05) is 11.4 Å². The molecule has 0 saturated heterocycles. The second-order valence-electron chi connectivity index (χ2n) is 4.85. The summed E-state index contributed by atoms with van der Waals surface area (Å²) < 4.78 is 0. The topological polar surface area (TPSA) is 73.1 Å². The van der Waals surface area contributed by atoms with E-state index >= 15 is 0 Å². The summed E-state index contributed by atoms with van der Waals surface area (Å²) in [5.41, 5.74) is 0.0188. The molecular weight excluding hydrogens is 244 g/mol. The second kappa shape index (κ2) is 5.01. The highest BCUT2D eigenvalue weighted by molar-refractivity contribution is 6.09. The number of benzene rings is 1. The van der Waals surface area contributed by atoms with E-state index in [0.29, 0.717) is 17.8 Å². The third-order valence-electron chi connectivity index (χ3n) is 3.37. The Labute approximate surface area is 112 Å². The van der Waals surface area contributed by atoms with Gasteiger partial charge in [0.05, 0.1) is 11.4 Å². The third kappa shape index (κ3) is 2.10. The van der Waals surface area contributed by atoms with Crippen LogP contribution in [-0.4, -0.2) is 28.5 Å². The summed E-state index contributed by atoms with van der Waals surface area (Å²) in [7, 11) is 0. The number of nitrogens with zero attached hydrogens (tertiary/aromatic N) is 2. The van der Waals surface area contributed by atoms with Gasteiger partial charge in [-0.1, -0.05) is 30.3 Å². The van der Waals surface area contributed by atoms with Gasteiger partial charge in [-0.2, -0.15) is 0 Å². The van der Waals surface area contributed by atoms with E-state index < -0.39 is 5.60 Å². The average Bonchev–Trinajstić information content (AvgIpc) is 2.62. The first-order valence-electron chi connectivity index (χ1n) is 6.36. The molecule has 0 radical (unpaired) electrons. The van der Waals surface area contributed by atoms with Crippen molar-refractivity contribution in [3.05, 3.63) is 29.8 Å². The van der Waals surface area contributed by atoms with E-state index in [4.69, 9.17) is 5.21 Å². The minimum Gasteiger partial charge on any atom is -0.411 e. The molecule has 1 heterocycles. The monoisotopic (exact) mass is 262 g/mol. The predicted molar refractivity (Wildman–Crippen MR) is 72.5 cm³/mol. The minimum absolute atomic E-state index is 0.000436. The van der Waals surface area contributed by atoms with Crippen LogP contribution in [0.15, 0.2) is 29.4 Å². The van der Waals surface area contributed by atoms with Crippen LogP contribution in [0.3, 0.4) is 0 Å². The molecule has 102 valence electrons. The van der Waals surface area contributed by atoms with E-state index in [1.165, 1.54) is 0 Å². The Morgan fingerprint density at radius 1 is 1.42 bits per heavy atom. The van der Waals surface area contributed by atoms with Crippen molar-refractivity contribution in [3.63, 3.8) is 0 Å². The third-order valence-corrected chi connectivity index (χ3v) is 3.37. The minimum atomic E-state index is -1.62. The van der Waals surface area contributed by atoms with Crippen molar-refractivity contribution in [3.8, 4) is 0 Å². The molecular formula is C14H18N2O3. The molecule has 5 nitrogen and oxygen atoms in total. The van der Waals surface area contributed by atoms with E-state index in [2.05, 4.69) is 5.16 Å². The van der Waals surface area contributed by atoms with Crippen molar-refractivity contribution in [2.24, 2.45) is 5.16 Å². The van der Waals surface area contributed by atoms with Crippen LogP contribution in [0, 0.1) is 0 Å². The fraction of sp³-hybridized carbons (Fsp3) is 0.429. The van der Waals surface area contributed by atoms with Crippen LogP contribution in [-0.2, 0) is 10.4 Å². The fourth-order valence-corrected chi connectivity index (χ4v) is 2.53. The van der Waals surface area contributed by atoms with Crippen molar-refractivity contribution in [1.82, 2.24) is 0 Å². The highest BCUT2D eigenvalue weighted by atomic mass is 16.4. The number of anilines is 1. The predicted octanol–water partition coefficient (Wildman–Crippen LogP) is 1.87. The zero-order valence-corrected chi connectivity index (χ0v) is 11.1. The Kier molecular flexibility index (Phi) is 3.57. The summed E-state index contributed by atoms with van der Waals surface area (Å²) in [6.07, 6.45) is 0.808.